The minimum atomic E-state index is -0.0345. The average molecular weight is 300 g/mol. The van der Waals surface area contributed by atoms with Crippen molar-refractivity contribution in [3.05, 3.63) is 28.8 Å². The second-order valence-corrected chi connectivity index (χ2v) is 5.06. The summed E-state index contributed by atoms with van der Waals surface area (Å²) in [6.07, 6.45) is 4.03. The van der Waals surface area contributed by atoms with E-state index in [4.69, 9.17) is 21.4 Å². The van der Waals surface area contributed by atoms with Crippen molar-refractivity contribution in [2.75, 3.05) is 20.3 Å². The van der Waals surface area contributed by atoms with Gasteiger partial charge in [0, 0.05) is 23.7 Å². The highest BCUT2D eigenvalue weighted by Crippen LogP contribution is 2.22. The van der Waals surface area contributed by atoms with Crippen LogP contribution in [0.1, 0.15) is 31.2 Å². The molecule has 0 bridgehead atoms. The van der Waals surface area contributed by atoms with Crippen molar-refractivity contribution < 1.29 is 14.6 Å². The van der Waals surface area contributed by atoms with Gasteiger partial charge in [-0.1, -0.05) is 24.4 Å². The Morgan fingerprint density at radius 2 is 2.05 bits per heavy atom. The Morgan fingerprint density at radius 1 is 1.30 bits per heavy atom. The maximum Gasteiger partial charge on any atom is 0.224 e. The van der Waals surface area contributed by atoms with Crippen LogP contribution in [0.3, 0.4) is 0 Å². The van der Waals surface area contributed by atoms with Gasteiger partial charge in [0.2, 0.25) is 5.91 Å². The molecule has 0 radical (unpaired) electrons. The molecule has 1 amide bonds. The van der Waals surface area contributed by atoms with Crippen molar-refractivity contribution in [2.45, 2.75) is 32.1 Å². The number of rotatable bonds is 9. The number of methoxy groups -OCH3 is 1. The van der Waals surface area contributed by atoms with Crippen LogP contribution in [0, 0.1) is 0 Å². The summed E-state index contributed by atoms with van der Waals surface area (Å²) in [6.45, 7) is 0.897. The lowest BCUT2D eigenvalue weighted by Crippen LogP contribution is -2.26. The summed E-state index contributed by atoms with van der Waals surface area (Å²) in [6, 6.07) is 5.25. The predicted molar refractivity (Wildman–Crippen MR) is 80.3 cm³/mol. The molecule has 0 fully saturated rings. The highest BCUT2D eigenvalue weighted by molar-refractivity contribution is 6.30. The van der Waals surface area contributed by atoms with Crippen molar-refractivity contribution in [1.82, 2.24) is 5.32 Å². The molecule has 0 atom stereocenters. The molecule has 1 rings (SSSR count). The van der Waals surface area contributed by atoms with Crippen LogP contribution in [0.5, 0.6) is 5.75 Å². The summed E-state index contributed by atoms with van der Waals surface area (Å²) in [4.78, 5) is 11.8. The Hall–Kier alpha value is -1.26. The van der Waals surface area contributed by atoms with E-state index < -0.39 is 0 Å². The van der Waals surface area contributed by atoms with E-state index >= 15 is 0 Å². The van der Waals surface area contributed by atoms with Gasteiger partial charge in [0.15, 0.2) is 0 Å². The van der Waals surface area contributed by atoms with Crippen LogP contribution in [-0.2, 0) is 11.2 Å². The number of amides is 1. The number of unbranched alkanes of at least 4 members (excludes halogenated alkanes) is 3. The van der Waals surface area contributed by atoms with E-state index in [2.05, 4.69) is 5.32 Å². The Balaban J connectivity index is 2.33. The lowest BCUT2D eigenvalue weighted by molar-refractivity contribution is -0.120. The van der Waals surface area contributed by atoms with E-state index in [1.165, 1.54) is 0 Å². The van der Waals surface area contributed by atoms with Gasteiger partial charge >= 0.3 is 0 Å². The predicted octanol–water partition coefficient (Wildman–Crippen LogP) is 2.56. The molecule has 112 valence electrons. The Labute approximate surface area is 125 Å². The average Bonchev–Trinajstić information content (AvgIpc) is 2.43. The van der Waals surface area contributed by atoms with E-state index in [0.717, 1.165) is 31.2 Å². The second kappa shape index (κ2) is 9.61. The van der Waals surface area contributed by atoms with Crippen LogP contribution in [0.15, 0.2) is 18.2 Å². The molecule has 4 nitrogen and oxygen atoms in total. The monoisotopic (exact) mass is 299 g/mol. The second-order valence-electron chi connectivity index (χ2n) is 4.62. The molecule has 5 heteroatoms. The van der Waals surface area contributed by atoms with E-state index in [0.29, 0.717) is 17.3 Å². The van der Waals surface area contributed by atoms with Crippen molar-refractivity contribution >= 4 is 17.5 Å². The lowest BCUT2D eigenvalue weighted by Gasteiger charge is -2.09. The van der Waals surface area contributed by atoms with Gasteiger partial charge in [-0.25, -0.2) is 0 Å². The van der Waals surface area contributed by atoms with Gasteiger partial charge in [0.1, 0.15) is 5.75 Å². The standard InChI is InChI=1S/C15H22ClNO3/c1-20-14-7-6-13(16)10-12(14)11-15(19)17-8-4-2-3-5-9-18/h6-7,10,18H,2-5,8-9,11H2,1H3,(H,17,19). The van der Waals surface area contributed by atoms with Crippen LogP contribution >= 0.6 is 11.6 Å². The van der Waals surface area contributed by atoms with Crippen LogP contribution in [0.25, 0.3) is 0 Å². The first-order valence-electron chi connectivity index (χ1n) is 6.87. The summed E-state index contributed by atoms with van der Waals surface area (Å²) in [5.74, 6) is 0.639. The molecule has 0 aliphatic heterocycles. The smallest absolute Gasteiger partial charge is 0.224 e. The molecule has 1 aromatic rings. The molecule has 0 aliphatic carbocycles. The number of hydrogen-bond donors (Lipinski definition) is 2. The number of aliphatic hydroxyl groups excluding tert-OH is 1. The molecule has 0 aliphatic rings. The van der Waals surface area contributed by atoms with Gasteiger partial charge in [0.25, 0.3) is 0 Å². The zero-order valence-corrected chi connectivity index (χ0v) is 12.6. The third-order valence-corrected chi connectivity index (χ3v) is 3.24. The fraction of sp³-hybridized carbons (Fsp3) is 0.533. The third-order valence-electron chi connectivity index (χ3n) is 3.00. The maximum atomic E-state index is 11.8. The molecule has 2 N–H and O–H groups in total. The number of halogens is 1. The van der Waals surface area contributed by atoms with E-state index in [1.54, 1.807) is 25.3 Å². The summed E-state index contributed by atoms with van der Waals surface area (Å²) in [7, 11) is 1.58. The first kappa shape index (κ1) is 16.8. The van der Waals surface area contributed by atoms with E-state index in [9.17, 15) is 4.79 Å². The fourth-order valence-corrected chi connectivity index (χ4v) is 2.13. The van der Waals surface area contributed by atoms with Crippen molar-refractivity contribution in [2.24, 2.45) is 0 Å². The highest BCUT2D eigenvalue weighted by Gasteiger charge is 2.09. The van der Waals surface area contributed by atoms with Gasteiger partial charge in [-0.15, -0.1) is 0 Å². The van der Waals surface area contributed by atoms with Crippen LogP contribution in [-0.4, -0.2) is 31.3 Å². The topological polar surface area (TPSA) is 58.6 Å². The molecule has 0 unspecified atom stereocenters. The molecule has 0 heterocycles. The Morgan fingerprint density at radius 3 is 2.75 bits per heavy atom. The molecular weight excluding hydrogens is 278 g/mol. The highest BCUT2D eigenvalue weighted by atomic mass is 35.5. The third kappa shape index (κ3) is 6.26. The maximum absolute atomic E-state index is 11.8. The summed E-state index contributed by atoms with van der Waals surface area (Å²) in [5, 5.41) is 12.1. The minimum absolute atomic E-state index is 0.0345. The van der Waals surface area contributed by atoms with E-state index in [1.807, 2.05) is 0 Å². The number of benzene rings is 1. The Bertz CT molecular complexity index is 424. The molecular formula is C15H22ClNO3. The zero-order valence-electron chi connectivity index (χ0n) is 11.8. The molecule has 0 saturated carbocycles. The lowest BCUT2D eigenvalue weighted by atomic mass is 10.1. The SMILES string of the molecule is COc1ccc(Cl)cc1CC(=O)NCCCCCCO. The number of aliphatic hydroxyl groups is 1. The first-order chi connectivity index (χ1) is 9.67. The summed E-state index contributed by atoms with van der Waals surface area (Å²) in [5.41, 5.74) is 0.790. The van der Waals surface area contributed by atoms with Gasteiger partial charge in [-0.2, -0.15) is 0 Å². The number of carbonyl (C=O) groups is 1. The summed E-state index contributed by atoms with van der Waals surface area (Å²) >= 11 is 5.92. The van der Waals surface area contributed by atoms with Crippen molar-refractivity contribution in [3.63, 3.8) is 0 Å². The van der Waals surface area contributed by atoms with Crippen molar-refractivity contribution in [3.8, 4) is 5.75 Å². The van der Waals surface area contributed by atoms with Gasteiger partial charge in [-0.3, -0.25) is 4.79 Å². The minimum Gasteiger partial charge on any atom is -0.496 e. The quantitative estimate of drug-likeness (QED) is 0.689. The number of nitrogens with one attached hydrogen (secondary N) is 1. The number of hydrogen-bond acceptors (Lipinski definition) is 3. The molecule has 20 heavy (non-hydrogen) atoms. The largest absolute Gasteiger partial charge is 0.496 e. The van der Waals surface area contributed by atoms with E-state index in [-0.39, 0.29) is 18.9 Å². The molecule has 0 saturated heterocycles. The number of ether oxygens (including phenoxy) is 1. The fourth-order valence-electron chi connectivity index (χ4n) is 1.94. The summed E-state index contributed by atoms with van der Waals surface area (Å²) < 4.78 is 5.21. The molecule has 0 aromatic heterocycles. The van der Waals surface area contributed by atoms with Gasteiger partial charge in [-0.05, 0) is 31.0 Å². The first-order valence-corrected chi connectivity index (χ1v) is 7.25. The van der Waals surface area contributed by atoms with Gasteiger partial charge in [0.05, 0.1) is 13.5 Å². The van der Waals surface area contributed by atoms with Crippen molar-refractivity contribution in [1.29, 1.82) is 0 Å². The van der Waals surface area contributed by atoms with Gasteiger partial charge < -0.3 is 15.2 Å². The molecule has 0 spiro atoms. The Kier molecular flexibility index (Phi) is 8.07. The molecule has 1 aromatic carbocycles. The number of carbonyl (C=O) groups excluding carboxylic acids is 1. The zero-order chi connectivity index (χ0) is 14.8. The normalized spacial score (nSPS) is 10.3. The van der Waals surface area contributed by atoms with Crippen LogP contribution < -0.4 is 10.1 Å². The van der Waals surface area contributed by atoms with Crippen LogP contribution in [0.4, 0.5) is 0 Å². The van der Waals surface area contributed by atoms with Crippen LogP contribution in [0.2, 0.25) is 5.02 Å².